The fourth-order valence-electron chi connectivity index (χ4n) is 3.00. The van der Waals surface area contributed by atoms with Crippen LogP contribution in [-0.2, 0) is 0 Å². The molecule has 1 heterocycles. The third-order valence-electron chi connectivity index (χ3n) is 4.85. The number of aryl methyl sites for hydroxylation is 3. The zero-order valence-corrected chi connectivity index (χ0v) is 18.0. The van der Waals surface area contributed by atoms with Crippen LogP contribution in [0.2, 0.25) is 0 Å². The van der Waals surface area contributed by atoms with Crippen molar-refractivity contribution in [3.8, 4) is 11.4 Å². The van der Waals surface area contributed by atoms with Crippen LogP contribution in [-0.4, -0.2) is 27.7 Å². The molecule has 0 radical (unpaired) electrons. The van der Waals surface area contributed by atoms with Crippen LogP contribution in [0.5, 0.6) is 5.75 Å². The molecule has 0 N–H and O–H groups in total. The highest BCUT2D eigenvalue weighted by atomic mass is 32.2. The van der Waals surface area contributed by atoms with E-state index in [2.05, 4.69) is 4.98 Å². The minimum Gasteiger partial charge on any atom is -0.495 e. The largest absolute Gasteiger partial charge is 0.495 e. The molecular weight excluding hydrogens is 384 g/mol. The van der Waals surface area contributed by atoms with Gasteiger partial charge in [0.2, 0.25) is 0 Å². The molecule has 29 heavy (non-hydrogen) atoms. The van der Waals surface area contributed by atoms with Crippen molar-refractivity contribution in [3.05, 3.63) is 81.4 Å². The molecule has 0 saturated heterocycles. The van der Waals surface area contributed by atoms with E-state index in [0.717, 1.165) is 16.7 Å². The number of methoxy groups -OCH3 is 1. The predicted molar refractivity (Wildman–Crippen MR) is 117 cm³/mol. The second kappa shape index (κ2) is 8.66. The molecule has 0 saturated carbocycles. The lowest BCUT2D eigenvalue weighted by Crippen LogP contribution is -2.23. The average molecular weight is 409 g/mol. The van der Waals surface area contributed by atoms with E-state index in [9.17, 15) is 9.59 Å². The molecule has 3 aromatic rings. The SMILES string of the molecule is COc1ccc(C)cc1-n1ccnc(SC(C)C(=O)c2ccc(C)c(C)c2)c1=O. The first-order valence-corrected chi connectivity index (χ1v) is 10.2. The fraction of sp³-hybridized carbons (Fsp3) is 0.261. The van der Waals surface area contributed by atoms with Crippen LogP contribution in [0.4, 0.5) is 0 Å². The van der Waals surface area contributed by atoms with Gasteiger partial charge in [0.1, 0.15) is 5.75 Å². The van der Waals surface area contributed by atoms with Crippen molar-refractivity contribution in [3.63, 3.8) is 0 Å². The number of nitrogens with zero attached hydrogens (tertiary/aromatic N) is 2. The smallest absolute Gasteiger partial charge is 0.287 e. The molecule has 1 atom stereocenters. The van der Waals surface area contributed by atoms with Gasteiger partial charge in [-0.1, -0.05) is 30.0 Å². The Labute approximate surface area is 174 Å². The van der Waals surface area contributed by atoms with Crippen molar-refractivity contribution in [1.29, 1.82) is 0 Å². The van der Waals surface area contributed by atoms with Crippen molar-refractivity contribution in [2.75, 3.05) is 7.11 Å². The summed E-state index contributed by atoms with van der Waals surface area (Å²) in [5.41, 5.74) is 4.24. The summed E-state index contributed by atoms with van der Waals surface area (Å²) in [7, 11) is 1.57. The number of benzene rings is 2. The summed E-state index contributed by atoms with van der Waals surface area (Å²) in [6, 6.07) is 11.3. The van der Waals surface area contributed by atoms with Gasteiger partial charge in [-0.2, -0.15) is 0 Å². The standard InChI is InChI=1S/C23H24N2O3S/c1-14-6-9-20(28-5)19(12-14)25-11-10-24-22(23(25)27)29-17(4)21(26)18-8-7-15(2)16(3)13-18/h6-13,17H,1-5H3. The fourth-order valence-corrected chi connectivity index (χ4v) is 3.90. The molecule has 1 unspecified atom stereocenters. The molecule has 150 valence electrons. The van der Waals surface area contributed by atoms with Gasteiger partial charge in [-0.25, -0.2) is 4.98 Å². The topological polar surface area (TPSA) is 61.2 Å². The summed E-state index contributed by atoms with van der Waals surface area (Å²) in [4.78, 5) is 30.1. The van der Waals surface area contributed by atoms with E-state index in [1.807, 2.05) is 57.2 Å². The number of hydrogen-bond donors (Lipinski definition) is 0. The number of aromatic nitrogens is 2. The molecule has 0 fully saturated rings. The highest BCUT2D eigenvalue weighted by molar-refractivity contribution is 8.00. The number of Topliss-reactive ketones (excluding diaryl/α,β-unsaturated/α-hetero) is 1. The van der Waals surface area contributed by atoms with Gasteiger partial charge in [-0.3, -0.25) is 14.2 Å². The molecule has 0 aliphatic carbocycles. The first kappa shape index (κ1) is 20.9. The molecule has 1 aromatic heterocycles. The summed E-state index contributed by atoms with van der Waals surface area (Å²) >= 11 is 1.17. The van der Waals surface area contributed by atoms with Gasteiger partial charge in [0.15, 0.2) is 10.8 Å². The third kappa shape index (κ3) is 4.43. The Kier molecular flexibility index (Phi) is 6.23. The van der Waals surface area contributed by atoms with Crippen molar-refractivity contribution in [2.45, 2.75) is 38.0 Å². The van der Waals surface area contributed by atoms with Gasteiger partial charge in [0.25, 0.3) is 5.56 Å². The van der Waals surface area contributed by atoms with Gasteiger partial charge in [0, 0.05) is 18.0 Å². The van der Waals surface area contributed by atoms with Gasteiger partial charge < -0.3 is 4.74 Å². The van der Waals surface area contributed by atoms with E-state index in [4.69, 9.17) is 4.74 Å². The van der Waals surface area contributed by atoms with Gasteiger partial charge in [-0.05, 0) is 62.6 Å². The molecular formula is C23H24N2O3S. The lowest BCUT2D eigenvalue weighted by Gasteiger charge is -2.14. The summed E-state index contributed by atoms with van der Waals surface area (Å²) < 4.78 is 6.91. The summed E-state index contributed by atoms with van der Waals surface area (Å²) in [5.74, 6) is 0.571. The zero-order valence-electron chi connectivity index (χ0n) is 17.2. The Hall–Kier alpha value is -2.86. The number of ketones is 1. The number of hydrogen-bond acceptors (Lipinski definition) is 5. The van der Waals surface area contributed by atoms with Crippen molar-refractivity contribution in [2.24, 2.45) is 0 Å². The molecule has 0 aliphatic heterocycles. The van der Waals surface area contributed by atoms with Crippen LogP contribution < -0.4 is 10.3 Å². The second-order valence-electron chi connectivity index (χ2n) is 7.01. The Bertz CT molecular complexity index is 1120. The number of carbonyl (C=O) groups excluding carboxylic acids is 1. The van der Waals surface area contributed by atoms with Crippen LogP contribution in [0.3, 0.4) is 0 Å². The normalized spacial score (nSPS) is 11.9. The van der Waals surface area contributed by atoms with E-state index in [-0.39, 0.29) is 16.4 Å². The van der Waals surface area contributed by atoms with Crippen LogP contribution in [0.25, 0.3) is 5.69 Å². The zero-order chi connectivity index (χ0) is 21.1. The van der Waals surface area contributed by atoms with Crippen LogP contribution in [0.1, 0.15) is 34.0 Å². The highest BCUT2D eigenvalue weighted by Crippen LogP contribution is 2.25. The van der Waals surface area contributed by atoms with E-state index < -0.39 is 5.25 Å². The molecule has 0 amide bonds. The molecule has 3 rings (SSSR count). The molecule has 0 spiro atoms. The second-order valence-corrected chi connectivity index (χ2v) is 8.34. The van der Waals surface area contributed by atoms with Crippen LogP contribution in [0, 0.1) is 20.8 Å². The minimum absolute atomic E-state index is 0.0251. The molecule has 6 heteroatoms. The van der Waals surface area contributed by atoms with Crippen LogP contribution >= 0.6 is 11.8 Å². The highest BCUT2D eigenvalue weighted by Gasteiger charge is 2.20. The van der Waals surface area contributed by atoms with Gasteiger partial charge in [-0.15, -0.1) is 0 Å². The Morgan fingerprint density at radius 1 is 1.10 bits per heavy atom. The van der Waals surface area contributed by atoms with E-state index in [1.165, 1.54) is 16.3 Å². The average Bonchev–Trinajstić information content (AvgIpc) is 2.71. The number of ether oxygens (including phenoxy) is 1. The summed E-state index contributed by atoms with van der Waals surface area (Å²) in [6.45, 7) is 7.75. The quantitative estimate of drug-likeness (QED) is 0.443. The summed E-state index contributed by atoms with van der Waals surface area (Å²) in [5, 5.41) is -0.159. The number of rotatable bonds is 6. The van der Waals surface area contributed by atoms with Gasteiger partial charge >= 0.3 is 0 Å². The van der Waals surface area contributed by atoms with Crippen molar-refractivity contribution in [1.82, 2.24) is 9.55 Å². The maximum atomic E-state index is 13.1. The van der Waals surface area contributed by atoms with Crippen molar-refractivity contribution < 1.29 is 9.53 Å². The monoisotopic (exact) mass is 408 g/mol. The molecule has 0 bridgehead atoms. The Balaban J connectivity index is 1.92. The first-order valence-electron chi connectivity index (χ1n) is 9.32. The van der Waals surface area contributed by atoms with E-state index in [0.29, 0.717) is 17.0 Å². The maximum Gasteiger partial charge on any atom is 0.287 e. The third-order valence-corrected chi connectivity index (χ3v) is 5.92. The maximum absolute atomic E-state index is 13.1. The van der Waals surface area contributed by atoms with Gasteiger partial charge in [0.05, 0.1) is 18.0 Å². The van der Waals surface area contributed by atoms with Crippen molar-refractivity contribution >= 4 is 17.5 Å². The van der Waals surface area contributed by atoms with E-state index >= 15 is 0 Å². The summed E-state index contributed by atoms with van der Waals surface area (Å²) in [6.07, 6.45) is 3.18. The molecule has 2 aromatic carbocycles. The molecule has 5 nitrogen and oxygen atoms in total. The van der Waals surface area contributed by atoms with Crippen LogP contribution in [0.15, 0.2) is 58.6 Å². The number of thioether (sulfide) groups is 1. The Morgan fingerprint density at radius 3 is 2.55 bits per heavy atom. The number of carbonyl (C=O) groups is 1. The lowest BCUT2D eigenvalue weighted by atomic mass is 10.0. The predicted octanol–water partition coefficient (Wildman–Crippen LogP) is 4.53. The first-order chi connectivity index (χ1) is 13.8. The lowest BCUT2D eigenvalue weighted by molar-refractivity contribution is 0.0994. The molecule has 0 aliphatic rings. The Morgan fingerprint density at radius 2 is 1.86 bits per heavy atom. The minimum atomic E-state index is -0.437. The van der Waals surface area contributed by atoms with E-state index in [1.54, 1.807) is 26.4 Å².